The lowest BCUT2D eigenvalue weighted by Crippen LogP contribution is -2.19. The Morgan fingerprint density at radius 1 is 1.05 bits per heavy atom. The van der Waals surface area contributed by atoms with Gasteiger partial charge in [-0.2, -0.15) is 0 Å². The molecule has 0 aliphatic heterocycles. The molecule has 0 saturated heterocycles. The van der Waals surface area contributed by atoms with Crippen LogP contribution in [-0.4, -0.2) is 14.2 Å². The minimum atomic E-state index is -0.0441. The maximum absolute atomic E-state index is 6.20. The average Bonchev–Trinajstić information content (AvgIpc) is 2.41. The summed E-state index contributed by atoms with van der Waals surface area (Å²) in [6, 6.07) is 9.79. The Hall–Kier alpha value is -0.0700. The van der Waals surface area contributed by atoms with Crippen LogP contribution in [0.5, 0.6) is 5.75 Å². The van der Waals surface area contributed by atoms with Crippen LogP contribution >= 0.6 is 59.4 Å². The Balaban J connectivity index is 2.61. The fraction of sp³-hybridized carbons (Fsp3) is 0.200. The molecule has 112 valence electrons. The second-order valence-corrected chi connectivity index (χ2v) is 7.46. The SMILES string of the molecule is CNC(c1ccc(Br)cc1Br)c1cc(Cl)cc(Br)c1OC. The van der Waals surface area contributed by atoms with Crippen molar-refractivity contribution in [2.75, 3.05) is 14.2 Å². The van der Waals surface area contributed by atoms with Gasteiger partial charge in [0.1, 0.15) is 5.75 Å². The number of nitrogens with one attached hydrogen (secondary N) is 1. The molecule has 0 fully saturated rings. The lowest BCUT2D eigenvalue weighted by Gasteiger charge is -2.22. The molecule has 21 heavy (non-hydrogen) atoms. The van der Waals surface area contributed by atoms with Gasteiger partial charge in [-0.15, -0.1) is 0 Å². The van der Waals surface area contributed by atoms with Gasteiger partial charge in [-0.25, -0.2) is 0 Å². The molecule has 0 heterocycles. The Labute approximate surface area is 154 Å². The lowest BCUT2D eigenvalue weighted by molar-refractivity contribution is 0.402. The van der Waals surface area contributed by atoms with Gasteiger partial charge in [0.05, 0.1) is 17.6 Å². The maximum Gasteiger partial charge on any atom is 0.138 e. The van der Waals surface area contributed by atoms with E-state index in [2.05, 4.69) is 59.2 Å². The van der Waals surface area contributed by atoms with Crippen molar-refractivity contribution in [3.05, 3.63) is 59.9 Å². The lowest BCUT2D eigenvalue weighted by atomic mass is 9.98. The molecule has 0 saturated carbocycles. The Bertz CT molecular complexity index is 664. The van der Waals surface area contributed by atoms with Gasteiger partial charge in [0, 0.05) is 19.5 Å². The predicted octanol–water partition coefficient (Wildman–Crippen LogP) is 5.94. The summed E-state index contributed by atoms with van der Waals surface area (Å²) in [5.74, 6) is 0.772. The topological polar surface area (TPSA) is 21.3 Å². The first-order chi connectivity index (χ1) is 9.97. The summed E-state index contributed by atoms with van der Waals surface area (Å²) in [6.07, 6.45) is 0. The highest BCUT2D eigenvalue weighted by Gasteiger charge is 2.21. The third-order valence-corrected chi connectivity index (χ3v) is 5.10. The molecule has 0 aliphatic carbocycles. The van der Waals surface area contributed by atoms with E-state index < -0.39 is 0 Å². The molecule has 0 bridgehead atoms. The van der Waals surface area contributed by atoms with Crippen LogP contribution in [0.3, 0.4) is 0 Å². The van der Waals surface area contributed by atoms with Gasteiger partial charge in [0.2, 0.25) is 0 Å². The quantitative estimate of drug-likeness (QED) is 0.563. The van der Waals surface area contributed by atoms with E-state index in [1.165, 1.54) is 0 Å². The molecule has 0 spiro atoms. The van der Waals surface area contributed by atoms with Crippen molar-refractivity contribution in [1.82, 2.24) is 5.32 Å². The third kappa shape index (κ3) is 3.82. The van der Waals surface area contributed by atoms with Crippen molar-refractivity contribution in [3.8, 4) is 5.75 Å². The molecule has 2 aromatic rings. The van der Waals surface area contributed by atoms with E-state index >= 15 is 0 Å². The second-order valence-electron chi connectivity index (χ2n) is 4.40. The molecule has 0 amide bonds. The van der Waals surface area contributed by atoms with Gasteiger partial charge in [-0.05, 0) is 52.8 Å². The fourth-order valence-electron chi connectivity index (χ4n) is 2.22. The molecule has 1 unspecified atom stereocenters. The van der Waals surface area contributed by atoms with Crippen LogP contribution < -0.4 is 10.1 Å². The van der Waals surface area contributed by atoms with Gasteiger partial charge in [-0.3, -0.25) is 0 Å². The van der Waals surface area contributed by atoms with Gasteiger partial charge in [0.25, 0.3) is 0 Å². The van der Waals surface area contributed by atoms with Crippen LogP contribution in [0.15, 0.2) is 43.7 Å². The first kappa shape index (κ1) is 17.3. The summed E-state index contributed by atoms with van der Waals surface area (Å²) in [5.41, 5.74) is 2.08. The molecule has 0 aromatic heterocycles. The molecular weight excluding hydrogens is 485 g/mol. The highest BCUT2D eigenvalue weighted by molar-refractivity contribution is 9.11. The number of ether oxygens (including phenoxy) is 1. The van der Waals surface area contributed by atoms with Crippen molar-refractivity contribution in [3.63, 3.8) is 0 Å². The van der Waals surface area contributed by atoms with Crippen molar-refractivity contribution in [2.24, 2.45) is 0 Å². The molecular formula is C15H13Br3ClNO. The minimum absolute atomic E-state index is 0.0441. The molecule has 1 atom stereocenters. The summed E-state index contributed by atoms with van der Waals surface area (Å²) in [6.45, 7) is 0. The monoisotopic (exact) mass is 495 g/mol. The molecule has 2 aromatic carbocycles. The Kier molecular flexibility index (Phi) is 6.15. The van der Waals surface area contributed by atoms with Gasteiger partial charge >= 0.3 is 0 Å². The van der Waals surface area contributed by atoms with Crippen LogP contribution in [0.25, 0.3) is 0 Å². The van der Waals surface area contributed by atoms with Crippen LogP contribution in [-0.2, 0) is 0 Å². The van der Waals surface area contributed by atoms with Crippen LogP contribution in [0.1, 0.15) is 17.2 Å². The number of methoxy groups -OCH3 is 1. The number of hydrogen-bond donors (Lipinski definition) is 1. The van der Waals surface area contributed by atoms with E-state index in [1.807, 2.05) is 31.3 Å². The summed E-state index contributed by atoms with van der Waals surface area (Å²) >= 11 is 16.8. The molecule has 0 aliphatic rings. The smallest absolute Gasteiger partial charge is 0.138 e. The van der Waals surface area contributed by atoms with Crippen molar-refractivity contribution < 1.29 is 4.74 Å². The van der Waals surface area contributed by atoms with Crippen LogP contribution in [0.2, 0.25) is 5.02 Å². The van der Waals surface area contributed by atoms with Crippen molar-refractivity contribution in [2.45, 2.75) is 6.04 Å². The van der Waals surface area contributed by atoms with Crippen LogP contribution in [0.4, 0.5) is 0 Å². The Morgan fingerprint density at radius 3 is 2.33 bits per heavy atom. The zero-order valence-corrected chi connectivity index (χ0v) is 16.9. The van der Waals surface area contributed by atoms with Crippen molar-refractivity contribution in [1.29, 1.82) is 0 Å². The third-order valence-electron chi connectivity index (χ3n) is 3.11. The van der Waals surface area contributed by atoms with E-state index in [1.54, 1.807) is 7.11 Å². The Morgan fingerprint density at radius 2 is 1.76 bits per heavy atom. The second kappa shape index (κ2) is 7.47. The minimum Gasteiger partial charge on any atom is -0.495 e. The average molecular weight is 498 g/mol. The summed E-state index contributed by atoms with van der Waals surface area (Å²) in [4.78, 5) is 0. The van der Waals surface area contributed by atoms with E-state index in [-0.39, 0.29) is 6.04 Å². The zero-order chi connectivity index (χ0) is 15.6. The fourth-order valence-corrected chi connectivity index (χ4v) is 4.50. The number of halogens is 4. The normalized spacial score (nSPS) is 12.3. The zero-order valence-electron chi connectivity index (χ0n) is 11.4. The molecule has 2 rings (SSSR count). The van der Waals surface area contributed by atoms with E-state index in [9.17, 15) is 0 Å². The van der Waals surface area contributed by atoms with Crippen LogP contribution in [0, 0.1) is 0 Å². The first-order valence-electron chi connectivity index (χ1n) is 6.13. The summed E-state index contributed by atoms with van der Waals surface area (Å²) in [7, 11) is 3.56. The van der Waals surface area contributed by atoms with Gasteiger partial charge in [0.15, 0.2) is 0 Å². The maximum atomic E-state index is 6.20. The number of rotatable bonds is 4. The molecule has 2 nitrogen and oxygen atoms in total. The van der Waals surface area contributed by atoms with E-state index in [4.69, 9.17) is 16.3 Å². The van der Waals surface area contributed by atoms with Crippen molar-refractivity contribution >= 4 is 59.4 Å². The van der Waals surface area contributed by atoms with Gasteiger partial charge in [-0.1, -0.05) is 49.5 Å². The first-order valence-corrected chi connectivity index (χ1v) is 8.88. The molecule has 1 N–H and O–H groups in total. The highest BCUT2D eigenvalue weighted by Crippen LogP contribution is 2.40. The van der Waals surface area contributed by atoms with Gasteiger partial charge < -0.3 is 10.1 Å². The standard InChI is InChI=1S/C15H13Br3ClNO/c1-20-14(10-4-3-8(16)5-12(10)17)11-6-9(19)7-13(18)15(11)21-2/h3-7,14,20H,1-2H3. The highest BCUT2D eigenvalue weighted by atomic mass is 79.9. The predicted molar refractivity (Wildman–Crippen MR) is 98.4 cm³/mol. The molecule has 0 radical (unpaired) electrons. The molecule has 6 heteroatoms. The number of hydrogen-bond acceptors (Lipinski definition) is 2. The summed E-state index contributed by atoms with van der Waals surface area (Å²) < 4.78 is 8.39. The summed E-state index contributed by atoms with van der Waals surface area (Å²) in [5, 5.41) is 3.98. The van der Waals surface area contributed by atoms with E-state index in [0.717, 1.165) is 30.3 Å². The number of benzene rings is 2. The largest absolute Gasteiger partial charge is 0.495 e. The van der Waals surface area contributed by atoms with E-state index in [0.29, 0.717) is 5.02 Å².